The average molecular weight is 520 g/mol. The number of ether oxygens (including phenoxy) is 1. The number of sulfonamides is 1. The molecule has 0 saturated carbocycles. The Morgan fingerprint density at radius 1 is 1.16 bits per heavy atom. The van der Waals surface area contributed by atoms with Crippen LogP contribution in [0.25, 0.3) is 10.9 Å². The molecule has 1 saturated heterocycles. The molecule has 0 radical (unpaired) electrons. The lowest BCUT2D eigenvalue weighted by molar-refractivity contribution is 0.0378. The summed E-state index contributed by atoms with van der Waals surface area (Å²) in [5, 5.41) is 4.19. The van der Waals surface area contributed by atoms with Gasteiger partial charge in [-0.1, -0.05) is 34.1 Å². The summed E-state index contributed by atoms with van der Waals surface area (Å²) in [4.78, 5) is 6.95. The summed E-state index contributed by atoms with van der Waals surface area (Å²) in [6.45, 7) is 5.03. The molecule has 170 valence electrons. The zero-order valence-electron chi connectivity index (χ0n) is 17.6. The second-order valence-corrected chi connectivity index (χ2v) is 10.2. The summed E-state index contributed by atoms with van der Waals surface area (Å²) >= 11 is 3.33. The topological polar surface area (TPSA) is 110 Å². The molecule has 0 aliphatic carbocycles. The van der Waals surface area contributed by atoms with Gasteiger partial charge in [0.25, 0.3) is 10.0 Å². The summed E-state index contributed by atoms with van der Waals surface area (Å²) in [5.74, 6) is 0. The Morgan fingerprint density at radius 2 is 1.94 bits per heavy atom. The molecule has 0 unspecified atom stereocenters. The van der Waals surface area contributed by atoms with Gasteiger partial charge in [0.15, 0.2) is 0 Å². The number of hydrogen-bond donors (Lipinski definition) is 3. The van der Waals surface area contributed by atoms with Crippen LogP contribution in [0.1, 0.15) is 6.42 Å². The number of halogens is 1. The molecule has 2 aromatic carbocycles. The van der Waals surface area contributed by atoms with E-state index >= 15 is 0 Å². The first-order chi connectivity index (χ1) is 15.4. The minimum atomic E-state index is -3.80. The third kappa shape index (κ3) is 5.32. The molecule has 4 rings (SSSR count). The molecule has 8 nitrogen and oxygen atoms in total. The zero-order chi connectivity index (χ0) is 22.6. The Balaban J connectivity index is 1.58. The Labute approximate surface area is 196 Å². The largest absolute Gasteiger partial charge is 0.397 e. The van der Waals surface area contributed by atoms with Crippen molar-refractivity contribution in [1.82, 2.24) is 9.88 Å². The second-order valence-electron chi connectivity index (χ2n) is 7.59. The minimum Gasteiger partial charge on any atom is -0.397 e. The quantitative estimate of drug-likeness (QED) is 0.308. The standard InChI is InChI=1S/C22H26BrN5O3S/c23-16-4-1-5-17(14-16)32(29,30)27-20-15-26-21-18(6-2-7-19(21)24)22(20)25-8-3-9-28-10-12-31-13-11-28/h1-2,4-7,14-15,27H,3,8-13,24H2,(H,25,26). The van der Waals surface area contributed by atoms with Crippen LogP contribution in [0.15, 0.2) is 58.0 Å². The van der Waals surface area contributed by atoms with Crippen LogP contribution >= 0.6 is 15.9 Å². The van der Waals surface area contributed by atoms with Crippen LogP contribution in [0.2, 0.25) is 0 Å². The van der Waals surface area contributed by atoms with Crippen molar-refractivity contribution in [2.24, 2.45) is 0 Å². The number of nitrogens with two attached hydrogens (primary N) is 1. The molecule has 0 spiro atoms. The van der Waals surface area contributed by atoms with Gasteiger partial charge in [0.05, 0.1) is 46.9 Å². The van der Waals surface area contributed by atoms with Crippen LogP contribution in [0.4, 0.5) is 17.1 Å². The highest BCUT2D eigenvalue weighted by molar-refractivity contribution is 9.10. The van der Waals surface area contributed by atoms with Gasteiger partial charge in [-0.2, -0.15) is 0 Å². The lowest BCUT2D eigenvalue weighted by Crippen LogP contribution is -2.37. The average Bonchev–Trinajstić information content (AvgIpc) is 2.78. The fourth-order valence-corrected chi connectivity index (χ4v) is 5.35. The minimum absolute atomic E-state index is 0.165. The first-order valence-corrected chi connectivity index (χ1v) is 12.7. The number of anilines is 3. The molecule has 1 fully saturated rings. The monoisotopic (exact) mass is 519 g/mol. The van der Waals surface area contributed by atoms with Crippen LogP contribution in [0, 0.1) is 0 Å². The highest BCUT2D eigenvalue weighted by Gasteiger charge is 2.19. The van der Waals surface area contributed by atoms with Crippen LogP contribution < -0.4 is 15.8 Å². The van der Waals surface area contributed by atoms with Gasteiger partial charge in [-0.05, 0) is 37.2 Å². The summed E-state index contributed by atoms with van der Waals surface area (Å²) < 4.78 is 34.8. The number of nitrogens with one attached hydrogen (secondary N) is 2. The Bertz CT molecular complexity index is 1200. The van der Waals surface area contributed by atoms with Gasteiger partial charge in [-0.15, -0.1) is 0 Å². The molecular formula is C22H26BrN5O3S. The van der Waals surface area contributed by atoms with E-state index in [0.29, 0.717) is 33.6 Å². The van der Waals surface area contributed by atoms with E-state index in [4.69, 9.17) is 10.5 Å². The van der Waals surface area contributed by atoms with E-state index in [-0.39, 0.29) is 4.90 Å². The third-order valence-electron chi connectivity index (χ3n) is 5.34. The second kappa shape index (κ2) is 10.0. The van der Waals surface area contributed by atoms with Crippen molar-refractivity contribution < 1.29 is 13.2 Å². The van der Waals surface area contributed by atoms with E-state index in [1.807, 2.05) is 12.1 Å². The number of morpholine rings is 1. The third-order valence-corrected chi connectivity index (χ3v) is 7.19. The van der Waals surface area contributed by atoms with Gasteiger partial charge in [0.2, 0.25) is 0 Å². The molecule has 1 aliphatic heterocycles. The predicted molar refractivity (Wildman–Crippen MR) is 131 cm³/mol. The summed E-state index contributed by atoms with van der Waals surface area (Å²) in [7, 11) is -3.80. The maximum absolute atomic E-state index is 13.0. The fourth-order valence-electron chi connectivity index (χ4n) is 3.69. The maximum atomic E-state index is 13.0. The molecule has 1 aromatic heterocycles. The van der Waals surface area contributed by atoms with Gasteiger partial charge >= 0.3 is 0 Å². The van der Waals surface area contributed by atoms with Crippen molar-refractivity contribution in [3.05, 3.63) is 53.1 Å². The van der Waals surface area contributed by atoms with Gasteiger partial charge < -0.3 is 15.8 Å². The van der Waals surface area contributed by atoms with Gasteiger partial charge in [-0.3, -0.25) is 14.6 Å². The van der Waals surface area contributed by atoms with Crippen molar-refractivity contribution in [1.29, 1.82) is 0 Å². The summed E-state index contributed by atoms with van der Waals surface area (Å²) in [6.07, 6.45) is 2.42. The van der Waals surface area contributed by atoms with Crippen molar-refractivity contribution in [3.63, 3.8) is 0 Å². The molecule has 0 atom stereocenters. The molecular weight excluding hydrogens is 494 g/mol. The van der Waals surface area contributed by atoms with Gasteiger partial charge in [-0.25, -0.2) is 8.42 Å². The number of rotatable bonds is 8. The normalized spacial score (nSPS) is 15.0. The van der Waals surface area contributed by atoms with Crippen molar-refractivity contribution in [2.45, 2.75) is 11.3 Å². The summed E-state index contributed by atoms with van der Waals surface area (Å²) in [5.41, 5.74) is 8.34. The lowest BCUT2D eigenvalue weighted by atomic mass is 10.1. The van der Waals surface area contributed by atoms with E-state index in [1.54, 1.807) is 30.3 Å². The summed E-state index contributed by atoms with van der Waals surface area (Å²) in [6, 6.07) is 12.1. The van der Waals surface area contributed by atoms with Crippen LogP contribution in [-0.4, -0.2) is 57.7 Å². The molecule has 10 heteroatoms. The highest BCUT2D eigenvalue weighted by atomic mass is 79.9. The lowest BCUT2D eigenvalue weighted by Gasteiger charge is -2.26. The Hall–Kier alpha value is -2.40. The molecule has 0 bridgehead atoms. The first kappa shape index (κ1) is 22.8. The van der Waals surface area contributed by atoms with Gasteiger partial charge in [0, 0.05) is 29.5 Å². The number of aromatic nitrogens is 1. The van der Waals surface area contributed by atoms with Crippen LogP contribution in [-0.2, 0) is 14.8 Å². The maximum Gasteiger partial charge on any atom is 0.262 e. The highest BCUT2D eigenvalue weighted by Crippen LogP contribution is 2.34. The van der Waals surface area contributed by atoms with E-state index in [9.17, 15) is 8.42 Å². The van der Waals surface area contributed by atoms with Gasteiger partial charge in [0.1, 0.15) is 0 Å². The first-order valence-electron chi connectivity index (χ1n) is 10.4. The van der Waals surface area contributed by atoms with E-state index < -0.39 is 10.0 Å². The number of benzene rings is 2. The van der Waals surface area contributed by atoms with E-state index in [2.05, 4.69) is 35.9 Å². The molecule has 2 heterocycles. The smallest absolute Gasteiger partial charge is 0.262 e. The Kier molecular flexibility index (Phi) is 7.14. The number of nitrogen functional groups attached to an aromatic ring is 1. The zero-order valence-corrected chi connectivity index (χ0v) is 20.0. The number of para-hydroxylation sites is 1. The fraction of sp³-hybridized carbons (Fsp3) is 0.318. The predicted octanol–water partition coefficient (Wildman–Crippen LogP) is 3.51. The molecule has 1 aliphatic rings. The molecule has 3 aromatic rings. The number of fused-ring (bicyclic) bond motifs is 1. The van der Waals surface area contributed by atoms with Crippen molar-refractivity contribution in [2.75, 3.05) is 55.2 Å². The molecule has 4 N–H and O–H groups in total. The van der Waals surface area contributed by atoms with Crippen molar-refractivity contribution >= 4 is 53.9 Å². The van der Waals surface area contributed by atoms with E-state index in [1.165, 1.54) is 6.20 Å². The number of nitrogens with zero attached hydrogens (tertiary/aromatic N) is 2. The Morgan fingerprint density at radius 3 is 2.72 bits per heavy atom. The van der Waals surface area contributed by atoms with E-state index in [0.717, 1.165) is 44.7 Å². The number of hydrogen-bond acceptors (Lipinski definition) is 7. The van der Waals surface area contributed by atoms with Crippen molar-refractivity contribution in [3.8, 4) is 0 Å². The molecule has 32 heavy (non-hydrogen) atoms. The van der Waals surface area contributed by atoms with Crippen LogP contribution in [0.3, 0.4) is 0 Å². The SMILES string of the molecule is Nc1cccc2c(NCCCN3CCOCC3)c(NS(=O)(=O)c3cccc(Br)c3)cnc12. The van der Waals surface area contributed by atoms with Crippen LogP contribution in [0.5, 0.6) is 0 Å². The molecule has 0 amide bonds. The number of pyridine rings is 1.